The highest BCUT2D eigenvalue weighted by Gasteiger charge is 2.29. The lowest BCUT2D eigenvalue weighted by Crippen LogP contribution is -2.42. The van der Waals surface area contributed by atoms with Gasteiger partial charge in [-0.25, -0.2) is 0 Å². The monoisotopic (exact) mass is 337 g/mol. The zero-order chi connectivity index (χ0) is 17.6. The number of aliphatic hydroxyl groups excluding tert-OH is 2. The standard InChI is InChI=1S/C22H27NO2/c1-17-10-12-19(13-11-17)22(25)15-20-9-5-6-14-23(20)21(16-24)18-7-3-2-4-8-18/h2-8,10-13,20-22,24-25H,9,14-16H2,1H3/t20?,21?,22-/m0/s1. The molecule has 2 aromatic rings. The maximum absolute atomic E-state index is 10.7. The third-order valence-electron chi connectivity index (χ3n) is 5.08. The molecule has 0 aromatic heterocycles. The van der Waals surface area contributed by atoms with E-state index in [-0.39, 0.29) is 18.7 Å². The zero-order valence-corrected chi connectivity index (χ0v) is 14.8. The minimum Gasteiger partial charge on any atom is -0.394 e. The Bertz CT molecular complexity index is 681. The molecule has 0 aliphatic carbocycles. The van der Waals surface area contributed by atoms with Crippen molar-refractivity contribution in [1.82, 2.24) is 4.90 Å². The summed E-state index contributed by atoms with van der Waals surface area (Å²) in [6, 6.07) is 18.4. The molecule has 0 bridgehead atoms. The van der Waals surface area contributed by atoms with E-state index < -0.39 is 6.10 Å². The van der Waals surface area contributed by atoms with Gasteiger partial charge in [0.05, 0.1) is 18.8 Å². The first-order chi connectivity index (χ1) is 12.2. The Kier molecular flexibility index (Phi) is 6.03. The first kappa shape index (κ1) is 17.9. The van der Waals surface area contributed by atoms with Crippen LogP contribution in [0.2, 0.25) is 0 Å². The lowest BCUT2D eigenvalue weighted by Gasteiger charge is -2.39. The van der Waals surface area contributed by atoms with Crippen molar-refractivity contribution >= 4 is 0 Å². The Hall–Kier alpha value is -1.94. The van der Waals surface area contributed by atoms with Crippen LogP contribution < -0.4 is 0 Å². The number of aryl methyl sites for hydroxylation is 1. The van der Waals surface area contributed by atoms with Crippen molar-refractivity contribution in [3.63, 3.8) is 0 Å². The van der Waals surface area contributed by atoms with Gasteiger partial charge in [-0.05, 0) is 30.9 Å². The molecule has 2 unspecified atom stereocenters. The third kappa shape index (κ3) is 4.37. The molecule has 0 fully saturated rings. The van der Waals surface area contributed by atoms with Crippen molar-refractivity contribution in [2.45, 2.75) is 38.0 Å². The first-order valence-corrected chi connectivity index (χ1v) is 9.00. The smallest absolute Gasteiger partial charge is 0.0805 e. The highest BCUT2D eigenvalue weighted by Crippen LogP contribution is 2.31. The largest absolute Gasteiger partial charge is 0.394 e. The summed E-state index contributed by atoms with van der Waals surface area (Å²) in [4.78, 5) is 2.31. The third-order valence-corrected chi connectivity index (χ3v) is 5.08. The fraction of sp³-hybridized carbons (Fsp3) is 0.364. The van der Waals surface area contributed by atoms with E-state index in [1.165, 1.54) is 5.56 Å². The van der Waals surface area contributed by atoms with Crippen LogP contribution in [-0.2, 0) is 0 Å². The Balaban J connectivity index is 1.76. The van der Waals surface area contributed by atoms with E-state index in [0.29, 0.717) is 6.42 Å². The highest BCUT2D eigenvalue weighted by atomic mass is 16.3. The molecule has 1 aliphatic rings. The molecule has 3 atom stereocenters. The van der Waals surface area contributed by atoms with Gasteiger partial charge in [0.2, 0.25) is 0 Å². The molecule has 0 saturated heterocycles. The first-order valence-electron chi connectivity index (χ1n) is 9.00. The molecule has 1 heterocycles. The van der Waals surface area contributed by atoms with Crippen LogP contribution in [0, 0.1) is 6.92 Å². The quantitative estimate of drug-likeness (QED) is 0.789. The molecule has 25 heavy (non-hydrogen) atoms. The lowest BCUT2D eigenvalue weighted by atomic mass is 9.93. The number of nitrogens with zero attached hydrogens (tertiary/aromatic N) is 1. The summed E-state index contributed by atoms with van der Waals surface area (Å²) in [5, 5.41) is 20.7. The van der Waals surface area contributed by atoms with Gasteiger partial charge < -0.3 is 10.2 Å². The van der Waals surface area contributed by atoms with E-state index in [1.54, 1.807) is 0 Å². The molecule has 2 aromatic carbocycles. The summed E-state index contributed by atoms with van der Waals surface area (Å²) in [5.74, 6) is 0. The summed E-state index contributed by atoms with van der Waals surface area (Å²) in [5.41, 5.74) is 3.28. The van der Waals surface area contributed by atoms with Crippen LogP contribution in [0.1, 0.15) is 41.7 Å². The molecule has 0 amide bonds. The molecule has 3 heteroatoms. The Morgan fingerprint density at radius 1 is 1.00 bits per heavy atom. The molecule has 0 spiro atoms. The van der Waals surface area contributed by atoms with Gasteiger partial charge in [-0.1, -0.05) is 72.3 Å². The number of hydrogen-bond donors (Lipinski definition) is 2. The number of aliphatic hydroxyl groups is 2. The Morgan fingerprint density at radius 3 is 2.40 bits per heavy atom. The van der Waals surface area contributed by atoms with Crippen LogP contribution >= 0.6 is 0 Å². The maximum Gasteiger partial charge on any atom is 0.0805 e. The minimum atomic E-state index is -0.491. The van der Waals surface area contributed by atoms with E-state index >= 15 is 0 Å². The van der Waals surface area contributed by atoms with Crippen LogP contribution in [0.25, 0.3) is 0 Å². The summed E-state index contributed by atoms with van der Waals surface area (Å²) in [6.45, 7) is 2.93. The number of rotatable bonds is 6. The minimum absolute atomic E-state index is 0.0404. The molecule has 132 valence electrons. The predicted octanol–water partition coefficient (Wildman–Crippen LogP) is 3.78. The highest BCUT2D eigenvalue weighted by molar-refractivity contribution is 5.24. The van der Waals surface area contributed by atoms with E-state index in [1.807, 2.05) is 42.5 Å². The fourth-order valence-corrected chi connectivity index (χ4v) is 3.61. The molecule has 2 N–H and O–H groups in total. The second kappa shape index (κ2) is 8.43. The zero-order valence-electron chi connectivity index (χ0n) is 14.8. The van der Waals surface area contributed by atoms with Gasteiger partial charge in [0.25, 0.3) is 0 Å². The van der Waals surface area contributed by atoms with Gasteiger partial charge in [-0.2, -0.15) is 0 Å². The van der Waals surface area contributed by atoms with Gasteiger partial charge in [-0.15, -0.1) is 0 Å². The summed E-state index contributed by atoms with van der Waals surface area (Å²) < 4.78 is 0. The van der Waals surface area contributed by atoms with Crippen LogP contribution in [0.15, 0.2) is 66.7 Å². The van der Waals surface area contributed by atoms with E-state index in [4.69, 9.17) is 0 Å². The van der Waals surface area contributed by atoms with Gasteiger partial charge in [0.15, 0.2) is 0 Å². The second-order valence-corrected chi connectivity index (χ2v) is 6.83. The topological polar surface area (TPSA) is 43.7 Å². The second-order valence-electron chi connectivity index (χ2n) is 6.83. The fourth-order valence-electron chi connectivity index (χ4n) is 3.61. The number of benzene rings is 2. The molecular formula is C22H27NO2. The van der Waals surface area contributed by atoms with Crippen molar-refractivity contribution in [3.8, 4) is 0 Å². The molecule has 3 rings (SSSR count). The molecule has 1 aliphatic heterocycles. The normalized spacial score (nSPS) is 20.4. The Morgan fingerprint density at radius 2 is 1.72 bits per heavy atom. The maximum atomic E-state index is 10.7. The van der Waals surface area contributed by atoms with Gasteiger partial charge in [0.1, 0.15) is 0 Å². The van der Waals surface area contributed by atoms with Crippen LogP contribution in [0.3, 0.4) is 0 Å². The molecule has 3 nitrogen and oxygen atoms in total. The molecular weight excluding hydrogens is 310 g/mol. The van der Waals surface area contributed by atoms with Gasteiger partial charge >= 0.3 is 0 Å². The van der Waals surface area contributed by atoms with Crippen molar-refractivity contribution in [3.05, 3.63) is 83.4 Å². The van der Waals surface area contributed by atoms with Crippen molar-refractivity contribution in [1.29, 1.82) is 0 Å². The molecule has 0 radical (unpaired) electrons. The van der Waals surface area contributed by atoms with Crippen LogP contribution in [0.5, 0.6) is 0 Å². The van der Waals surface area contributed by atoms with Crippen molar-refractivity contribution in [2.24, 2.45) is 0 Å². The SMILES string of the molecule is Cc1ccc([C@@H](O)CC2CC=CCN2C(CO)c2ccccc2)cc1. The molecule has 0 saturated carbocycles. The predicted molar refractivity (Wildman–Crippen MR) is 101 cm³/mol. The van der Waals surface area contributed by atoms with Gasteiger partial charge in [-0.3, -0.25) is 4.90 Å². The van der Waals surface area contributed by atoms with E-state index in [0.717, 1.165) is 24.1 Å². The van der Waals surface area contributed by atoms with E-state index in [2.05, 4.69) is 36.1 Å². The van der Waals surface area contributed by atoms with E-state index in [9.17, 15) is 10.2 Å². The Labute approximate surface area is 150 Å². The summed E-state index contributed by atoms with van der Waals surface area (Å²) >= 11 is 0. The lowest BCUT2D eigenvalue weighted by molar-refractivity contribution is 0.0532. The average Bonchev–Trinajstić information content (AvgIpc) is 2.65. The average molecular weight is 337 g/mol. The van der Waals surface area contributed by atoms with Crippen molar-refractivity contribution in [2.75, 3.05) is 13.2 Å². The van der Waals surface area contributed by atoms with Crippen LogP contribution in [0.4, 0.5) is 0 Å². The van der Waals surface area contributed by atoms with Crippen molar-refractivity contribution < 1.29 is 10.2 Å². The summed E-state index contributed by atoms with van der Waals surface area (Å²) in [6.07, 6.45) is 5.40. The van der Waals surface area contributed by atoms with Crippen LogP contribution in [-0.4, -0.2) is 34.3 Å². The summed E-state index contributed by atoms with van der Waals surface area (Å²) in [7, 11) is 0. The number of hydrogen-bond acceptors (Lipinski definition) is 3. The van der Waals surface area contributed by atoms with Gasteiger partial charge in [0, 0.05) is 12.6 Å².